The molecule has 0 aliphatic rings. The van der Waals surface area contributed by atoms with Crippen LogP contribution in [0.1, 0.15) is 30.9 Å². The van der Waals surface area contributed by atoms with E-state index in [4.69, 9.17) is 12.2 Å². The number of benzene rings is 2. The van der Waals surface area contributed by atoms with Crippen molar-refractivity contribution in [2.45, 2.75) is 26.2 Å². The molecular formula is C20H22N4O3S. The lowest BCUT2D eigenvalue weighted by molar-refractivity contribution is -0.384. The molecule has 1 amide bonds. The standard InChI is InChI=1S/C20H22N4O3S/c1-2-3-5-15-8-11-17(12-9-15)21-20(28)23-22-19(25)13-10-16-6-4-7-18(14-16)24(26)27/h4,6-14H,2-3,5H2,1H3,(H,22,25)(H2,21,23,28)/b13-10+. The first-order valence-electron chi connectivity index (χ1n) is 8.86. The van der Waals surface area contributed by atoms with E-state index in [0.717, 1.165) is 24.9 Å². The van der Waals surface area contributed by atoms with Gasteiger partial charge in [0.1, 0.15) is 0 Å². The molecule has 0 unspecified atom stereocenters. The second-order valence-electron chi connectivity index (χ2n) is 6.05. The number of nitrogens with zero attached hydrogens (tertiary/aromatic N) is 1. The summed E-state index contributed by atoms with van der Waals surface area (Å²) in [5.41, 5.74) is 7.65. The Morgan fingerprint density at radius 3 is 2.61 bits per heavy atom. The minimum Gasteiger partial charge on any atom is -0.331 e. The van der Waals surface area contributed by atoms with Crippen molar-refractivity contribution in [3.8, 4) is 0 Å². The van der Waals surface area contributed by atoms with Gasteiger partial charge in [-0.05, 0) is 54.4 Å². The van der Waals surface area contributed by atoms with Crippen molar-refractivity contribution in [1.82, 2.24) is 10.9 Å². The first kappa shape index (κ1) is 21.0. The average Bonchev–Trinajstić information content (AvgIpc) is 2.70. The van der Waals surface area contributed by atoms with Crippen molar-refractivity contribution < 1.29 is 9.72 Å². The lowest BCUT2D eigenvalue weighted by Gasteiger charge is -2.11. The topological polar surface area (TPSA) is 96.3 Å². The summed E-state index contributed by atoms with van der Waals surface area (Å²) in [5, 5.41) is 14.0. The predicted molar refractivity (Wildman–Crippen MR) is 115 cm³/mol. The number of nitro groups is 1. The number of non-ortho nitro benzene ring substituents is 1. The third-order valence-electron chi connectivity index (χ3n) is 3.84. The van der Waals surface area contributed by atoms with Gasteiger partial charge < -0.3 is 5.32 Å². The Morgan fingerprint density at radius 2 is 1.93 bits per heavy atom. The number of aryl methyl sites for hydroxylation is 1. The highest BCUT2D eigenvalue weighted by Crippen LogP contribution is 2.14. The van der Waals surface area contributed by atoms with Gasteiger partial charge in [-0.2, -0.15) is 0 Å². The van der Waals surface area contributed by atoms with E-state index in [-0.39, 0.29) is 10.8 Å². The summed E-state index contributed by atoms with van der Waals surface area (Å²) < 4.78 is 0. The number of rotatable bonds is 7. The van der Waals surface area contributed by atoms with Gasteiger partial charge in [-0.25, -0.2) is 0 Å². The molecule has 3 N–H and O–H groups in total. The molecule has 0 bridgehead atoms. The normalized spacial score (nSPS) is 10.5. The highest BCUT2D eigenvalue weighted by atomic mass is 32.1. The van der Waals surface area contributed by atoms with Crippen LogP contribution in [0.3, 0.4) is 0 Å². The van der Waals surface area contributed by atoms with Gasteiger partial charge in [0.05, 0.1) is 4.92 Å². The number of unbranched alkanes of at least 4 members (excludes halogenated alkanes) is 1. The average molecular weight is 398 g/mol. The Balaban J connectivity index is 1.79. The van der Waals surface area contributed by atoms with Crippen molar-refractivity contribution in [3.05, 3.63) is 75.8 Å². The first-order valence-corrected chi connectivity index (χ1v) is 9.27. The maximum Gasteiger partial charge on any atom is 0.270 e. The van der Waals surface area contributed by atoms with Gasteiger partial charge in [0.15, 0.2) is 5.11 Å². The molecular weight excluding hydrogens is 376 g/mol. The lowest BCUT2D eigenvalue weighted by Crippen LogP contribution is -2.43. The van der Waals surface area contributed by atoms with E-state index in [2.05, 4.69) is 23.1 Å². The molecule has 0 saturated carbocycles. The Bertz CT molecular complexity index is 866. The zero-order valence-corrected chi connectivity index (χ0v) is 16.3. The molecule has 2 aromatic rings. The Kier molecular flexibility index (Phi) is 8.11. The Labute approximate surface area is 169 Å². The maximum atomic E-state index is 11.9. The zero-order chi connectivity index (χ0) is 20.4. The van der Waals surface area contributed by atoms with Crippen LogP contribution in [-0.2, 0) is 11.2 Å². The third-order valence-corrected chi connectivity index (χ3v) is 4.04. The Morgan fingerprint density at radius 1 is 1.18 bits per heavy atom. The molecule has 0 spiro atoms. The predicted octanol–water partition coefficient (Wildman–Crippen LogP) is 3.97. The molecule has 0 saturated heterocycles. The Hall–Kier alpha value is -3.26. The zero-order valence-electron chi connectivity index (χ0n) is 15.5. The molecule has 0 aliphatic heterocycles. The van der Waals surface area contributed by atoms with E-state index in [1.165, 1.54) is 29.8 Å². The molecule has 0 atom stereocenters. The molecule has 0 aliphatic carbocycles. The van der Waals surface area contributed by atoms with Crippen LogP contribution in [0, 0.1) is 10.1 Å². The number of amides is 1. The van der Waals surface area contributed by atoms with Gasteiger partial charge in [-0.1, -0.05) is 37.6 Å². The monoisotopic (exact) mass is 398 g/mol. The molecule has 2 rings (SSSR count). The van der Waals surface area contributed by atoms with Crippen LogP contribution >= 0.6 is 12.2 Å². The van der Waals surface area contributed by atoms with E-state index in [9.17, 15) is 14.9 Å². The second kappa shape index (κ2) is 10.8. The number of carbonyl (C=O) groups excluding carboxylic acids is 1. The number of hydrogen-bond donors (Lipinski definition) is 3. The number of carbonyl (C=O) groups is 1. The van der Waals surface area contributed by atoms with Gasteiger partial charge in [0, 0.05) is 23.9 Å². The molecule has 7 nitrogen and oxygen atoms in total. The highest BCUT2D eigenvalue weighted by molar-refractivity contribution is 7.80. The summed E-state index contributed by atoms with van der Waals surface area (Å²) in [6, 6.07) is 13.9. The van der Waals surface area contributed by atoms with Crippen molar-refractivity contribution in [2.75, 3.05) is 5.32 Å². The van der Waals surface area contributed by atoms with Crippen molar-refractivity contribution in [3.63, 3.8) is 0 Å². The van der Waals surface area contributed by atoms with E-state index >= 15 is 0 Å². The second-order valence-corrected chi connectivity index (χ2v) is 6.46. The number of nitro benzene ring substituents is 1. The van der Waals surface area contributed by atoms with Crippen LogP contribution in [0.15, 0.2) is 54.6 Å². The quantitative estimate of drug-likeness (QED) is 0.283. The van der Waals surface area contributed by atoms with Gasteiger partial charge >= 0.3 is 0 Å². The molecule has 0 fully saturated rings. The lowest BCUT2D eigenvalue weighted by atomic mass is 10.1. The van der Waals surface area contributed by atoms with E-state index in [1.807, 2.05) is 24.3 Å². The molecule has 2 aromatic carbocycles. The fraction of sp³-hybridized carbons (Fsp3) is 0.200. The smallest absolute Gasteiger partial charge is 0.270 e. The largest absolute Gasteiger partial charge is 0.331 e. The highest BCUT2D eigenvalue weighted by Gasteiger charge is 2.04. The van der Waals surface area contributed by atoms with Crippen LogP contribution in [0.4, 0.5) is 11.4 Å². The molecule has 0 radical (unpaired) electrons. The van der Waals surface area contributed by atoms with E-state index in [1.54, 1.807) is 12.1 Å². The number of anilines is 1. The summed E-state index contributed by atoms with van der Waals surface area (Å²) in [7, 11) is 0. The van der Waals surface area contributed by atoms with E-state index < -0.39 is 10.8 Å². The molecule has 0 aromatic heterocycles. The minimum absolute atomic E-state index is 0.0354. The van der Waals surface area contributed by atoms with Crippen LogP contribution < -0.4 is 16.2 Å². The van der Waals surface area contributed by atoms with Crippen LogP contribution in [0.5, 0.6) is 0 Å². The molecule has 0 heterocycles. The number of nitrogens with one attached hydrogen (secondary N) is 3. The summed E-state index contributed by atoms with van der Waals surface area (Å²) in [6.07, 6.45) is 6.10. The number of thiocarbonyl (C=S) groups is 1. The van der Waals surface area contributed by atoms with E-state index in [0.29, 0.717) is 5.56 Å². The van der Waals surface area contributed by atoms with Gasteiger partial charge in [-0.15, -0.1) is 0 Å². The summed E-state index contributed by atoms with van der Waals surface area (Å²) in [5.74, 6) is -0.439. The molecule has 28 heavy (non-hydrogen) atoms. The van der Waals surface area contributed by atoms with Gasteiger partial charge in [-0.3, -0.25) is 25.8 Å². The van der Waals surface area contributed by atoms with Crippen LogP contribution in [0.2, 0.25) is 0 Å². The van der Waals surface area contributed by atoms with Crippen LogP contribution in [0.25, 0.3) is 6.08 Å². The van der Waals surface area contributed by atoms with Gasteiger partial charge in [0.2, 0.25) is 0 Å². The molecule has 146 valence electrons. The fourth-order valence-corrected chi connectivity index (χ4v) is 2.54. The first-order chi connectivity index (χ1) is 13.5. The SMILES string of the molecule is CCCCc1ccc(NC(=S)NNC(=O)/C=C/c2cccc([N+](=O)[O-])c2)cc1. The fourth-order valence-electron chi connectivity index (χ4n) is 2.37. The minimum atomic E-state index is -0.487. The van der Waals surface area contributed by atoms with Crippen molar-refractivity contribution >= 4 is 40.7 Å². The number of hydrogen-bond acceptors (Lipinski definition) is 4. The summed E-state index contributed by atoms with van der Waals surface area (Å²) >= 11 is 5.14. The van der Waals surface area contributed by atoms with Crippen molar-refractivity contribution in [1.29, 1.82) is 0 Å². The summed E-state index contributed by atoms with van der Waals surface area (Å²) in [6.45, 7) is 2.16. The maximum absolute atomic E-state index is 11.9. The third kappa shape index (κ3) is 7.16. The van der Waals surface area contributed by atoms with Crippen LogP contribution in [-0.4, -0.2) is 15.9 Å². The summed E-state index contributed by atoms with van der Waals surface area (Å²) in [4.78, 5) is 22.1. The molecule has 8 heteroatoms. The van der Waals surface area contributed by atoms with Crippen molar-refractivity contribution in [2.24, 2.45) is 0 Å². The van der Waals surface area contributed by atoms with Gasteiger partial charge in [0.25, 0.3) is 11.6 Å². The number of hydrazine groups is 1.